The lowest BCUT2D eigenvalue weighted by atomic mass is 10.1. The molecule has 0 aliphatic carbocycles. The maximum atomic E-state index is 4.31. The van der Waals surface area contributed by atoms with Gasteiger partial charge in [0.05, 0.1) is 0 Å². The summed E-state index contributed by atoms with van der Waals surface area (Å²) in [4.78, 5) is 6.57. The van der Waals surface area contributed by atoms with Crippen LogP contribution in [0.3, 0.4) is 0 Å². The van der Waals surface area contributed by atoms with Gasteiger partial charge in [0, 0.05) is 19.3 Å². The first-order valence-corrected chi connectivity index (χ1v) is 7.35. The van der Waals surface area contributed by atoms with Crippen molar-refractivity contribution in [3.8, 4) is 10.7 Å². The number of hydrogen-bond acceptors (Lipinski definition) is 6. The number of nitrogens with one attached hydrogen (secondary N) is 1. The smallest absolute Gasteiger partial charge is 0.208 e. The van der Waals surface area contributed by atoms with Gasteiger partial charge in [0.15, 0.2) is 5.01 Å². The van der Waals surface area contributed by atoms with Crippen molar-refractivity contribution in [1.82, 2.24) is 20.5 Å². The number of aromatic nitrogens is 3. The second-order valence-electron chi connectivity index (χ2n) is 4.70. The summed E-state index contributed by atoms with van der Waals surface area (Å²) in [5, 5.41) is 13.8. The van der Waals surface area contributed by atoms with Crippen LogP contribution in [0.25, 0.3) is 10.7 Å². The van der Waals surface area contributed by atoms with E-state index in [0.29, 0.717) is 6.04 Å². The molecule has 3 rings (SSSR count). The van der Waals surface area contributed by atoms with Crippen LogP contribution in [0.2, 0.25) is 0 Å². The summed E-state index contributed by atoms with van der Waals surface area (Å²) in [6, 6.07) is 6.41. The van der Waals surface area contributed by atoms with Gasteiger partial charge in [-0.15, -0.1) is 10.2 Å². The van der Waals surface area contributed by atoms with Crippen molar-refractivity contribution < 1.29 is 0 Å². The van der Waals surface area contributed by atoms with E-state index in [1.807, 2.05) is 18.2 Å². The minimum atomic E-state index is 0.561. The van der Waals surface area contributed by atoms with Crippen LogP contribution in [0.4, 0.5) is 5.13 Å². The number of anilines is 1. The van der Waals surface area contributed by atoms with Gasteiger partial charge in [-0.3, -0.25) is 4.98 Å². The molecule has 1 saturated heterocycles. The summed E-state index contributed by atoms with van der Waals surface area (Å²) in [6.07, 6.45) is 4.11. The Morgan fingerprint density at radius 1 is 1.26 bits per heavy atom. The van der Waals surface area contributed by atoms with E-state index in [-0.39, 0.29) is 0 Å². The van der Waals surface area contributed by atoms with Crippen molar-refractivity contribution in [2.75, 3.05) is 25.0 Å². The van der Waals surface area contributed by atoms with Gasteiger partial charge < -0.3 is 10.2 Å². The Bertz CT molecular complexity index is 521. The normalized spacial score (nSPS) is 16.5. The maximum absolute atomic E-state index is 4.31. The molecule has 0 unspecified atom stereocenters. The minimum absolute atomic E-state index is 0.561. The molecule has 6 heteroatoms. The van der Waals surface area contributed by atoms with Gasteiger partial charge >= 0.3 is 0 Å². The highest BCUT2D eigenvalue weighted by atomic mass is 32.1. The minimum Gasteiger partial charge on any atom is -0.347 e. The van der Waals surface area contributed by atoms with Crippen LogP contribution in [-0.4, -0.2) is 41.4 Å². The van der Waals surface area contributed by atoms with Crippen LogP contribution in [0.1, 0.15) is 12.8 Å². The lowest BCUT2D eigenvalue weighted by Gasteiger charge is -2.30. The summed E-state index contributed by atoms with van der Waals surface area (Å²) < 4.78 is 0. The molecule has 0 bridgehead atoms. The summed E-state index contributed by atoms with van der Waals surface area (Å²) in [6.45, 7) is 2.17. The second kappa shape index (κ2) is 5.63. The highest BCUT2D eigenvalue weighted by molar-refractivity contribution is 7.18. The Kier molecular flexibility index (Phi) is 3.70. The Morgan fingerprint density at radius 2 is 2.11 bits per heavy atom. The van der Waals surface area contributed by atoms with Gasteiger partial charge in [-0.2, -0.15) is 0 Å². The van der Waals surface area contributed by atoms with Crippen LogP contribution < -0.4 is 10.2 Å². The molecule has 100 valence electrons. The van der Waals surface area contributed by atoms with Crippen molar-refractivity contribution in [2.24, 2.45) is 0 Å². The first-order chi connectivity index (χ1) is 9.34. The molecule has 0 radical (unpaired) electrons. The van der Waals surface area contributed by atoms with Crippen LogP contribution in [0.5, 0.6) is 0 Å². The van der Waals surface area contributed by atoms with E-state index < -0.39 is 0 Å². The van der Waals surface area contributed by atoms with Crippen LogP contribution in [0, 0.1) is 0 Å². The van der Waals surface area contributed by atoms with Crippen molar-refractivity contribution in [3.05, 3.63) is 24.4 Å². The molecule has 0 spiro atoms. The third kappa shape index (κ3) is 2.74. The first-order valence-electron chi connectivity index (χ1n) is 6.53. The van der Waals surface area contributed by atoms with Crippen molar-refractivity contribution in [2.45, 2.75) is 18.9 Å². The third-order valence-corrected chi connectivity index (χ3v) is 4.49. The zero-order chi connectivity index (χ0) is 13.1. The molecule has 0 aromatic carbocycles. The topological polar surface area (TPSA) is 53.9 Å². The van der Waals surface area contributed by atoms with Crippen molar-refractivity contribution in [1.29, 1.82) is 0 Å². The SMILES string of the molecule is CN(c1nnc(-c2ccccn2)s1)C1CCNCC1. The van der Waals surface area contributed by atoms with E-state index >= 15 is 0 Å². The van der Waals surface area contributed by atoms with E-state index in [2.05, 4.69) is 32.4 Å². The summed E-state index contributed by atoms with van der Waals surface area (Å²) >= 11 is 1.61. The first kappa shape index (κ1) is 12.5. The standard InChI is InChI=1S/C13H17N5S/c1-18(10-5-8-14-9-6-10)13-17-16-12(19-13)11-4-2-3-7-15-11/h2-4,7,10,14H,5-6,8-9H2,1H3. The van der Waals surface area contributed by atoms with Gasteiger partial charge in [0.1, 0.15) is 5.69 Å². The lowest BCUT2D eigenvalue weighted by molar-refractivity contribution is 0.442. The number of hydrogen-bond donors (Lipinski definition) is 1. The van der Waals surface area contributed by atoms with E-state index in [1.165, 1.54) is 0 Å². The molecular weight excluding hydrogens is 258 g/mol. The zero-order valence-corrected chi connectivity index (χ0v) is 11.7. The average Bonchev–Trinajstić information content (AvgIpc) is 2.98. The van der Waals surface area contributed by atoms with E-state index in [4.69, 9.17) is 0 Å². The molecule has 3 heterocycles. The Balaban J connectivity index is 1.77. The molecule has 2 aromatic heterocycles. The summed E-state index contributed by atoms with van der Waals surface area (Å²) in [7, 11) is 2.11. The van der Waals surface area contributed by atoms with Crippen molar-refractivity contribution in [3.63, 3.8) is 0 Å². The van der Waals surface area contributed by atoms with Gasteiger partial charge in [0.25, 0.3) is 0 Å². The van der Waals surface area contributed by atoms with Crippen LogP contribution >= 0.6 is 11.3 Å². The maximum Gasteiger partial charge on any atom is 0.208 e. The predicted octanol–water partition coefficient (Wildman–Crippen LogP) is 1.79. The molecular formula is C13H17N5S. The largest absolute Gasteiger partial charge is 0.347 e. The monoisotopic (exact) mass is 275 g/mol. The number of nitrogens with zero attached hydrogens (tertiary/aromatic N) is 4. The number of rotatable bonds is 3. The molecule has 19 heavy (non-hydrogen) atoms. The second-order valence-corrected chi connectivity index (χ2v) is 5.65. The Morgan fingerprint density at radius 3 is 2.84 bits per heavy atom. The average molecular weight is 275 g/mol. The molecule has 0 atom stereocenters. The lowest BCUT2D eigenvalue weighted by Crippen LogP contribution is -2.41. The molecule has 2 aromatic rings. The zero-order valence-electron chi connectivity index (χ0n) is 10.9. The molecule has 1 fully saturated rings. The van der Waals surface area contributed by atoms with Crippen LogP contribution in [0.15, 0.2) is 24.4 Å². The molecule has 0 saturated carbocycles. The molecule has 0 amide bonds. The Hall–Kier alpha value is -1.53. The summed E-state index contributed by atoms with van der Waals surface area (Å²) in [5.74, 6) is 0. The van der Waals surface area contributed by atoms with Gasteiger partial charge in [-0.1, -0.05) is 17.4 Å². The van der Waals surface area contributed by atoms with Gasteiger partial charge in [-0.05, 0) is 38.1 Å². The fourth-order valence-electron chi connectivity index (χ4n) is 2.30. The highest BCUT2D eigenvalue weighted by Gasteiger charge is 2.21. The van der Waals surface area contributed by atoms with Gasteiger partial charge in [0.2, 0.25) is 5.13 Å². The molecule has 1 N–H and O–H groups in total. The molecule has 1 aliphatic heterocycles. The van der Waals surface area contributed by atoms with Crippen molar-refractivity contribution >= 4 is 16.5 Å². The third-order valence-electron chi connectivity index (χ3n) is 3.46. The van der Waals surface area contributed by atoms with Crippen LogP contribution in [-0.2, 0) is 0 Å². The quantitative estimate of drug-likeness (QED) is 0.925. The van der Waals surface area contributed by atoms with E-state index in [0.717, 1.165) is 41.8 Å². The summed E-state index contributed by atoms with van der Waals surface area (Å²) in [5.41, 5.74) is 0.893. The number of pyridine rings is 1. The molecule has 5 nitrogen and oxygen atoms in total. The predicted molar refractivity (Wildman–Crippen MR) is 77.4 cm³/mol. The number of piperidine rings is 1. The fraction of sp³-hybridized carbons (Fsp3) is 0.462. The van der Waals surface area contributed by atoms with E-state index in [9.17, 15) is 0 Å². The van der Waals surface area contributed by atoms with Gasteiger partial charge in [-0.25, -0.2) is 0 Å². The molecule has 1 aliphatic rings. The highest BCUT2D eigenvalue weighted by Crippen LogP contribution is 2.28. The van der Waals surface area contributed by atoms with E-state index in [1.54, 1.807) is 17.5 Å². The fourth-order valence-corrected chi connectivity index (χ4v) is 3.16. The Labute approximate surface area is 116 Å².